The number of anilines is 2. The highest BCUT2D eigenvalue weighted by Gasteiger charge is 2.05. The Kier molecular flexibility index (Phi) is 7.05. The monoisotopic (exact) mass is 444 g/mol. The van der Waals surface area contributed by atoms with Gasteiger partial charge in [-0.2, -0.15) is 20.2 Å². The molecule has 2 heterocycles. The molecule has 168 valence electrons. The molecule has 4 rings (SSSR count). The standard InChI is InChI=1S/C21H24N12/c1-32(18-8-4-16(5-9-18)26-30-20-22-14-24-28-20)12-3-13-33(2)19-10-6-17(7-11-19)27-31-21-23-15-25-29-21/h4-11,14-15H,3,12-13H2,1-2H3,(H,22,24,28)(H,23,25,29). The summed E-state index contributed by atoms with van der Waals surface area (Å²) in [5.41, 5.74) is 3.76. The molecule has 2 aromatic carbocycles. The van der Waals surface area contributed by atoms with Gasteiger partial charge in [0.1, 0.15) is 12.7 Å². The summed E-state index contributed by atoms with van der Waals surface area (Å²) in [6.45, 7) is 1.85. The molecule has 0 atom stereocenters. The van der Waals surface area contributed by atoms with Gasteiger partial charge in [-0.15, -0.1) is 20.5 Å². The van der Waals surface area contributed by atoms with Gasteiger partial charge in [0.15, 0.2) is 0 Å². The van der Waals surface area contributed by atoms with Crippen LogP contribution in [0.5, 0.6) is 0 Å². The van der Waals surface area contributed by atoms with Crippen molar-refractivity contribution < 1.29 is 0 Å². The van der Waals surface area contributed by atoms with Crippen LogP contribution in [0.2, 0.25) is 0 Å². The van der Waals surface area contributed by atoms with E-state index in [1.54, 1.807) is 0 Å². The van der Waals surface area contributed by atoms with Crippen molar-refractivity contribution in [1.82, 2.24) is 30.4 Å². The van der Waals surface area contributed by atoms with E-state index in [4.69, 9.17) is 0 Å². The van der Waals surface area contributed by atoms with Crippen LogP contribution in [0, 0.1) is 0 Å². The first-order valence-electron chi connectivity index (χ1n) is 10.3. The molecule has 0 aliphatic rings. The Morgan fingerprint density at radius 3 is 1.42 bits per heavy atom. The van der Waals surface area contributed by atoms with Crippen molar-refractivity contribution in [2.75, 3.05) is 37.0 Å². The molecule has 4 aromatic rings. The second-order valence-corrected chi connectivity index (χ2v) is 7.25. The lowest BCUT2D eigenvalue weighted by Crippen LogP contribution is -2.25. The third kappa shape index (κ3) is 6.26. The lowest BCUT2D eigenvalue weighted by atomic mass is 10.2. The third-order valence-electron chi connectivity index (χ3n) is 4.89. The van der Waals surface area contributed by atoms with Crippen LogP contribution >= 0.6 is 0 Å². The van der Waals surface area contributed by atoms with Gasteiger partial charge in [0.25, 0.3) is 11.9 Å². The SMILES string of the molecule is CN(CCCN(C)c1ccc(N=Nc2ncn[nH]2)cc1)c1ccc(N=Nc2ncn[nH]2)cc1. The topological polar surface area (TPSA) is 139 Å². The Morgan fingerprint density at radius 1 is 0.636 bits per heavy atom. The number of azo groups is 2. The molecule has 2 aromatic heterocycles. The van der Waals surface area contributed by atoms with E-state index in [0.717, 1.165) is 42.3 Å². The van der Waals surface area contributed by atoms with Gasteiger partial charge < -0.3 is 9.80 Å². The van der Waals surface area contributed by atoms with Crippen LogP contribution in [-0.2, 0) is 0 Å². The van der Waals surface area contributed by atoms with Crippen molar-refractivity contribution >= 4 is 34.6 Å². The number of aromatic nitrogens is 6. The van der Waals surface area contributed by atoms with E-state index in [9.17, 15) is 0 Å². The maximum absolute atomic E-state index is 4.14. The molecule has 0 aliphatic heterocycles. The van der Waals surface area contributed by atoms with Gasteiger partial charge in [-0.25, -0.2) is 10.2 Å². The Labute approximate surface area is 190 Å². The predicted octanol–water partition coefficient (Wildman–Crippen LogP) is 4.72. The van der Waals surface area contributed by atoms with Crippen molar-refractivity contribution in [2.45, 2.75) is 6.42 Å². The first-order valence-corrected chi connectivity index (χ1v) is 10.3. The zero-order chi connectivity index (χ0) is 22.9. The summed E-state index contributed by atoms with van der Waals surface area (Å²) in [5, 5.41) is 29.1. The highest BCUT2D eigenvalue weighted by Crippen LogP contribution is 2.22. The van der Waals surface area contributed by atoms with Crippen LogP contribution < -0.4 is 9.80 Å². The lowest BCUT2D eigenvalue weighted by molar-refractivity contribution is 0.763. The Balaban J connectivity index is 1.23. The van der Waals surface area contributed by atoms with Gasteiger partial charge in [0.2, 0.25) is 0 Å². The number of hydrogen-bond acceptors (Lipinski definition) is 10. The molecular formula is C21H24N12. The fourth-order valence-corrected chi connectivity index (χ4v) is 3.06. The van der Waals surface area contributed by atoms with E-state index >= 15 is 0 Å². The maximum Gasteiger partial charge on any atom is 0.264 e. The average molecular weight is 445 g/mol. The smallest absolute Gasteiger partial charge is 0.264 e. The van der Waals surface area contributed by atoms with Gasteiger partial charge in [-0.3, -0.25) is 0 Å². The van der Waals surface area contributed by atoms with Crippen LogP contribution in [0.15, 0.2) is 81.6 Å². The van der Waals surface area contributed by atoms with Crippen molar-refractivity contribution in [3.8, 4) is 0 Å². The Bertz CT molecular complexity index is 1060. The molecule has 0 radical (unpaired) electrons. The van der Waals surface area contributed by atoms with E-state index in [-0.39, 0.29) is 0 Å². The van der Waals surface area contributed by atoms with Crippen molar-refractivity contribution in [1.29, 1.82) is 0 Å². The molecule has 0 saturated carbocycles. The molecule has 2 N–H and O–H groups in total. The molecule has 12 nitrogen and oxygen atoms in total. The number of rotatable bonds is 10. The fourth-order valence-electron chi connectivity index (χ4n) is 3.06. The summed E-state index contributed by atoms with van der Waals surface area (Å²) in [6.07, 6.45) is 3.80. The molecular weight excluding hydrogens is 420 g/mol. The van der Waals surface area contributed by atoms with Crippen LogP contribution in [-0.4, -0.2) is 57.5 Å². The lowest BCUT2D eigenvalue weighted by Gasteiger charge is -2.23. The third-order valence-corrected chi connectivity index (χ3v) is 4.89. The quantitative estimate of drug-likeness (QED) is 0.339. The number of hydrogen-bond donors (Lipinski definition) is 2. The minimum absolute atomic E-state index is 0.380. The number of benzene rings is 2. The highest BCUT2D eigenvalue weighted by atomic mass is 15.3. The van der Waals surface area contributed by atoms with E-state index in [0.29, 0.717) is 11.9 Å². The summed E-state index contributed by atoms with van der Waals surface area (Å²) in [7, 11) is 4.17. The van der Waals surface area contributed by atoms with Crippen LogP contribution in [0.25, 0.3) is 0 Å². The van der Waals surface area contributed by atoms with Crippen LogP contribution in [0.4, 0.5) is 34.6 Å². The second-order valence-electron chi connectivity index (χ2n) is 7.25. The van der Waals surface area contributed by atoms with E-state index in [1.165, 1.54) is 12.7 Å². The summed E-state index contributed by atoms with van der Waals surface area (Å²) in [4.78, 5) is 12.3. The van der Waals surface area contributed by atoms with Crippen molar-refractivity contribution in [2.24, 2.45) is 20.5 Å². The van der Waals surface area contributed by atoms with E-state index < -0.39 is 0 Å². The summed E-state index contributed by atoms with van der Waals surface area (Å²) >= 11 is 0. The van der Waals surface area contributed by atoms with Gasteiger partial charge in [-0.1, -0.05) is 0 Å². The first-order chi connectivity index (χ1) is 16.2. The maximum atomic E-state index is 4.14. The van der Waals surface area contributed by atoms with Crippen LogP contribution in [0.3, 0.4) is 0 Å². The summed E-state index contributed by atoms with van der Waals surface area (Å²) < 4.78 is 0. The van der Waals surface area contributed by atoms with Crippen molar-refractivity contribution in [3.63, 3.8) is 0 Å². The first kappa shape index (κ1) is 21.7. The summed E-state index contributed by atoms with van der Waals surface area (Å²) in [6, 6.07) is 15.8. The zero-order valence-electron chi connectivity index (χ0n) is 18.4. The van der Waals surface area contributed by atoms with E-state index in [1.807, 2.05) is 48.5 Å². The predicted molar refractivity (Wildman–Crippen MR) is 125 cm³/mol. The van der Waals surface area contributed by atoms with Gasteiger partial charge in [0.05, 0.1) is 11.4 Å². The molecule has 0 fully saturated rings. The van der Waals surface area contributed by atoms with E-state index in [2.05, 4.69) is 74.7 Å². The normalized spacial score (nSPS) is 11.5. The molecule has 0 unspecified atom stereocenters. The summed E-state index contributed by atoms with van der Waals surface area (Å²) in [5.74, 6) is 0.761. The van der Waals surface area contributed by atoms with Gasteiger partial charge >= 0.3 is 0 Å². The van der Waals surface area contributed by atoms with Gasteiger partial charge in [0, 0.05) is 38.6 Å². The molecule has 0 aliphatic carbocycles. The van der Waals surface area contributed by atoms with Crippen LogP contribution in [0.1, 0.15) is 6.42 Å². The molecule has 0 amide bonds. The van der Waals surface area contributed by atoms with Gasteiger partial charge in [-0.05, 0) is 55.0 Å². The number of nitrogens with zero attached hydrogens (tertiary/aromatic N) is 10. The zero-order valence-corrected chi connectivity index (χ0v) is 18.4. The molecule has 0 spiro atoms. The minimum Gasteiger partial charge on any atom is -0.375 e. The fraction of sp³-hybridized carbons (Fsp3) is 0.238. The Hall–Kier alpha value is -4.48. The largest absolute Gasteiger partial charge is 0.375 e. The molecule has 0 saturated heterocycles. The number of H-pyrrole nitrogens is 2. The average Bonchev–Trinajstić information content (AvgIpc) is 3.56. The highest BCUT2D eigenvalue weighted by molar-refractivity contribution is 5.53. The number of aromatic amines is 2. The van der Waals surface area contributed by atoms with Crippen molar-refractivity contribution in [3.05, 3.63) is 61.2 Å². The molecule has 12 heteroatoms. The second kappa shape index (κ2) is 10.7. The number of nitrogens with one attached hydrogen (secondary N) is 2. The molecule has 33 heavy (non-hydrogen) atoms. The molecule has 0 bridgehead atoms. The minimum atomic E-state index is 0.380. The Morgan fingerprint density at radius 2 is 1.06 bits per heavy atom.